The maximum atomic E-state index is 13.3. The van der Waals surface area contributed by atoms with Crippen LogP contribution in [0.4, 0.5) is 0 Å². The lowest BCUT2D eigenvalue weighted by atomic mass is 10.00. The van der Waals surface area contributed by atoms with E-state index < -0.39 is 20.5 Å². The Bertz CT molecular complexity index is 932. The maximum Gasteiger partial charge on any atom is 0.182 e. The minimum atomic E-state index is -3.68. The van der Waals surface area contributed by atoms with Crippen molar-refractivity contribution in [3.63, 3.8) is 0 Å². The third-order valence-electron chi connectivity index (χ3n) is 4.80. The first-order chi connectivity index (χ1) is 12.2. The van der Waals surface area contributed by atoms with Gasteiger partial charge < -0.3 is 10.5 Å². The highest BCUT2D eigenvalue weighted by Crippen LogP contribution is 2.64. The molecule has 0 unspecified atom stereocenters. The minimum Gasteiger partial charge on any atom is -0.393 e. The van der Waals surface area contributed by atoms with E-state index in [1.165, 1.54) is 19.2 Å². The first-order valence-electron chi connectivity index (χ1n) is 7.79. The van der Waals surface area contributed by atoms with Crippen LogP contribution in [0, 0.1) is 5.41 Å². The molecular weight excluding hydrogens is 458 g/mol. The maximum absolute atomic E-state index is 13.3. The summed E-state index contributed by atoms with van der Waals surface area (Å²) in [6.45, 7) is 0.139. The van der Waals surface area contributed by atoms with E-state index in [0.29, 0.717) is 5.02 Å². The van der Waals surface area contributed by atoms with Crippen molar-refractivity contribution in [1.82, 2.24) is 0 Å². The largest absolute Gasteiger partial charge is 0.393 e. The van der Waals surface area contributed by atoms with Gasteiger partial charge >= 0.3 is 0 Å². The molecule has 138 valence electrons. The summed E-state index contributed by atoms with van der Waals surface area (Å²) in [6.07, 6.45) is 0. The molecule has 0 heterocycles. The van der Waals surface area contributed by atoms with Crippen molar-refractivity contribution in [2.75, 3.05) is 13.7 Å². The van der Waals surface area contributed by atoms with Crippen LogP contribution in [0.2, 0.25) is 5.02 Å². The Morgan fingerprint density at radius 3 is 2.31 bits per heavy atom. The van der Waals surface area contributed by atoms with Crippen molar-refractivity contribution in [3.8, 4) is 0 Å². The highest BCUT2D eigenvalue weighted by atomic mass is 79.9. The van der Waals surface area contributed by atoms with Gasteiger partial charge in [0, 0.05) is 22.5 Å². The van der Waals surface area contributed by atoms with Gasteiger partial charge in [-0.1, -0.05) is 51.9 Å². The average molecular weight is 475 g/mol. The Kier molecular flexibility index (Phi) is 5.48. The van der Waals surface area contributed by atoms with Gasteiger partial charge in [0.1, 0.15) is 0 Å². The predicted molar refractivity (Wildman–Crippen MR) is 110 cm³/mol. The van der Waals surface area contributed by atoms with Crippen molar-refractivity contribution in [3.05, 3.63) is 63.6 Å². The standard InChI is InChI=1S/C18H17BrClNO3S2/c1-24-10-18(17(21)25)15(11-2-4-12(19)5-3-11)16(18)26(22,23)14-8-6-13(20)7-9-14/h2-9,15-16H,10H2,1H3,(H2,21,25)/t15-,16-,18+/m1/s1. The van der Waals surface area contributed by atoms with Gasteiger partial charge in [-0.15, -0.1) is 0 Å². The zero-order valence-corrected chi connectivity index (χ0v) is 17.8. The third-order valence-corrected chi connectivity index (χ3v) is 8.26. The minimum absolute atomic E-state index is 0.139. The number of hydrogen-bond donors (Lipinski definition) is 1. The van der Waals surface area contributed by atoms with Crippen molar-refractivity contribution in [2.45, 2.75) is 16.1 Å². The zero-order valence-electron chi connectivity index (χ0n) is 13.9. The molecule has 3 rings (SSSR count). The van der Waals surface area contributed by atoms with Gasteiger partial charge in [-0.25, -0.2) is 8.42 Å². The van der Waals surface area contributed by atoms with Crippen LogP contribution in [0.15, 0.2) is 57.9 Å². The van der Waals surface area contributed by atoms with Crippen LogP contribution >= 0.6 is 39.7 Å². The molecule has 2 N–H and O–H groups in total. The Morgan fingerprint density at radius 2 is 1.81 bits per heavy atom. The normalized spacial score (nSPS) is 25.0. The number of nitrogens with two attached hydrogens (primary N) is 1. The molecular formula is C18H17BrClNO3S2. The summed E-state index contributed by atoms with van der Waals surface area (Å²) in [6, 6.07) is 13.6. The summed E-state index contributed by atoms with van der Waals surface area (Å²) >= 11 is 14.6. The lowest BCUT2D eigenvalue weighted by Gasteiger charge is -2.16. The van der Waals surface area contributed by atoms with Crippen molar-refractivity contribution in [1.29, 1.82) is 0 Å². The van der Waals surface area contributed by atoms with E-state index >= 15 is 0 Å². The van der Waals surface area contributed by atoms with Crippen molar-refractivity contribution >= 4 is 54.6 Å². The molecule has 0 bridgehead atoms. The zero-order chi connectivity index (χ0) is 19.1. The molecule has 1 fully saturated rings. The molecule has 0 aliphatic heterocycles. The van der Waals surface area contributed by atoms with Gasteiger partial charge in [0.05, 0.1) is 27.2 Å². The van der Waals surface area contributed by atoms with Gasteiger partial charge in [0.25, 0.3) is 0 Å². The molecule has 0 aromatic heterocycles. The highest BCUT2D eigenvalue weighted by Gasteiger charge is 2.73. The molecule has 3 atom stereocenters. The second-order valence-corrected chi connectivity index (χ2v) is 10.1. The van der Waals surface area contributed by atoms with Crippen LogP contribution in [-0.2, 0) is 14.6 Å². The third kappa shape index (κ3) is 3.20. The molecule has 1 aliphatic rings. The van der Waals surface area contributed by atoms with Crippen LogP contribution in [0.5, 0.6) is 0 Å². The molecule has 2 aromatic rings. The first kappa shape index (κ1) is 19.8. The lowest BCUT2D eigenvalue weighted by Crippen LogP contribution is -2.33. The summed E-state index contributed by atoms with van der Waals surface area (Å²) in [7, 11) is -2.17. The topological polar surface area (TPSA) is 69.4 Å². The van der Waals surface area contributed by atoms with Gasteiger partial charge in [0.2, 0.25) is 0 Å². The Balaban J connectivity index is 2.11. The molecule has 26 heavy (non-hydrogen) atoms. The smallest absolute Gasteiger partial charge is 0.182 e. The summed E-state index contributed by atoms with van der Waals surface area (Å²) in [5, 5.41) is -0.309. The van der Waals surface area contributed by atoms with E-state index in [4.69, 9.17) is 34.3 Å². The molecule has 4 nitrogen and oxygen atoms in total. The van der Waals surface area contributed by atoms with Crippen LogP contribution in [0.25, 0.3) is 0 Å². The Labute approximate surface area is 171 Å². The van der Waals surface area contributed by atoms with E-state index in [-0.39, 0.29) is 22.4 Å². The number of ether oxygens (including phenoxy) is 1. The Hall–Kier alpha value is -0.990. The van der Waals surface area contributed by atoms with Crippen molar-refractivity contribution < 1.29 is 13.2 Å². The molecule has 0 spiro atoms. The summed E-state index contributed by atoms with van der Waals surface area (Å²) in [4.78, 5) is 0.345. The monoisotopic (exact) mass is 473 g/mol. The van der Waals surface area contributed by atoms with E-state index in [2.05, 4.69) is 15.9 Å². The van der Waals surface area contributed by atoms with Crippen LogP contribution < -0.4 is 5.73 Å². The second kappa shape index (κ2) is 7.20. The number of thiocarbonyl (C=S) groups is 1. The molecule has 2 aromatic carbocycles. The Morgan fingerprint density at radius 1 is 1.23 bits per heavy atom. The van der Waals surface area contributed by atoms with Crippen LogP contribution in [-0.4, -0.2) is 32.4 Å². The van der Waals surface area contributed by atoms with E-state index in [1.807, 2.05) is 24.3 Å². The lowest BCUT2D eigenvalue weighted by molar-refractivity contribution is 0.166. The SMILES string of the molecule is COC[C@]1(C(N)=S)[C@H](c2ccc(Br)cc2)[C@H]1S(=O)(=O)c1ccc(Cl)cc1. The molecule has 0 radical (unpaired) electrons. The second-order valence-electron chi connectivity index (χ2n) is 6.29. The van der Waals surface area contributed by atoms with E-state index in [9.17, 15) is 8.42 Å². The number of sulfone groups is 1. The fraction of sp³-hybridized carbons (Fsp3) is 0.278. The molecule has 0 amide bonds. The highest BCUT2D eigenvalue weighted by molar-refractivity contribution is 9.10. The van der Waals surface area contributed by atoms with Crippen LogP contribution in [0.3, 0.4) is 0 Å². The summed E-state index contributed by atoms with van der Waals surface area (Å²) in [5.74, 6) is -0.367. The van der Waals surface area contributed by atoms with Gasteiger partial charge in [0.15, 0.2) is 9.84 Å². The molecule has 1 aliphatic carbocycles. The molecule has 1 saturated carbocycles. The average Bonchev–Trinajstić information content (AvgIpc) is 3.27. The van der Waals surface area contributed by atoms with Crippen LogP contribution in [0.1, 0.15) is 11.5 Å². The van der Waals surface area contributed by atoms with E-state index in [1.54, 1.807) is 12.1 Å². The van der Waals surface area contributed by atoms with E-state index in [0.717, 1.165) is 10.0 Å². The number of hydrogen-bond acceptors (Lipinski definition) is 4. The fourth-order valence-electron chi connectivity index (χ4n) is 3.55. The van der Waals surface area contributed by atoms with Gasteiger partial charge in [-0.3, -0.25) is 0 Å². The number of rotatable bonds is 6. The molecule has 8 heteroatoms. The first-order valence-corrected chi connectivity index (χ1v) is 10.9. The quantitative estimate of drug-likeness (QED) is 0.642. The number of halogens is 2. The molecule has 0 saturated heterocycles. The van der Waals surface area contributed by atoms with Gasteiger partial charge in [-0.05, 0) is 42.0 Å². The summed E-state index contributed by atoms with van der Waals surface area (Å²) in [5.41, 5.74) is 5.95. The number of benzene rings is 2. The fourth-order valence-corrected chi connectivity index (χ4v) is 6.71. The van der Waals surface area contributed by atoms with Crippen molar-refractivity contribution in [2.24, 2.45) is 11.1 Å². The van der Waals surface area contributed by atoms with Gasteiger partial charge in [-0.2, -0.15) is 0 Å². The predicted octanol–water partition coefficient (Wildman–Crippen LogP) is 3.96. The summed E-state index contributed by atoms with van der Waals surface area (Å²) < 4.78 is 32.9. The number of methoxy groups -OCH3 is 1.